The van der Waals surface area contributed by atoms with Crippen molar-refractivity contribution in [3.8, 4) is 0 Å². The van der Waals surface area contributed by atoms with Gasteiger partial charge >= 0.3 is 17.9 Å². The normalized spacial score (nSPS) is 48.2. The molecule has 4 saturated heterocycles. The summed E-state index contributed by atoms with van der Waals surface area (Å²) in [5.74, 6) is -8.02. The number of carbonyl (C=O) groups excluding carboxylic acids is 3. The largest absolute Gasteiger partial charge is 0.469 e. The minimum absolute atomic E-state index is 0.00363. The van der Waals surface area contributed by atoms with Crippen LogP contribution in [-0.4, -0.2) is 113 Å². The van der Waals surface area contributed by atoms with Crippen LogP contribution in [0, 0.1) is 34.0 Å². The predicted molar refractivity (Wildman–Crippen MR) is 204 cm³/mol. The van der Waals surface area contributed by atoms with E-state index in [1.54, 1.807) is 25.2 Å². The van der Waals surface area contributed by atoms with Gasteiger partial charge in [-0.05, 0) is 42.7 Å². The molecule has 5 heterocycles. The monoisotopic (exact) mass is 812 g/mol. The molecule has 0 aromatic heterocycles. The molecular weight excluding hydrogens is 764 g/mol. The van der Waals surface area contributed by atoms with Gasteiger partial charge in [0.2, 0.25) is 6.29 Å². The Balaban J connectivity index is 1.11. The van der Waals surface area contributed by atoms with Crippen LogP contribution in [0.15, 0.2) is 85.2 Å². The number of epoxide rings is 1. The van der Waals surface area contributed by atoms with Crippen LogP contribution >= 0.6 is 0 Å². The highest BCUT2D eigenvalue weighted by atomic mass is 16.7. The number of fused-ring (bicyclic) bond motifs is 7. The molecule has 2 aromatic carbocycles. The molecule has 2 aromatic rings. The van der Waals surface area contributed by atoms with Crippen molar-refractivity contribution in [1.29, 1.82) is 0 Å². The number of methoxy groups -OCH3 is 1. The van der Waals surface area contributed by atoms with Crippen molar-refractivity contribution in [2.75, 3.05) is 20.3 Å². The maximum atomic E-state index is 14.1. The molecule has 0 radical (unpaired) electrons. The van der Waals surface area contributed by atoms with Gasteiger partial charge < -0.3 is 53.2 Å². The molecule has 5 aliphatic heterocycles. The predicted octanol–water partition coefficient (Wildman–Crippen LogP) is 3.08. The summed E-state index contributed by atoms with van der Waals surface area (Å²) in [7, 11) is 1.13. The van der Waals surface area contributed by atoms with E-state index in [1.165, 1.54) is 18.4 Å². The van der Waals surface area contributed by atoms with E-state index in [0.717, 1.165) is 18.2 Å². The van der Waals surface area contributed by atoms with Gasteiger partial charge in [-0.25, -0.2) is 14.4 Å². The van der Waals surface area contributed by atoms with E-state index in [9.17, 15) is 29.7 Å². The lowest BCUT2D eigenvalue weighted by atomic mass is 9.37. The first-order chi connectivity index (χ1) is 28.1. The Bertz CT molecular complexity index is 2160. The van der Waals surface area contributed by atoms with Gasteiger partial charge in [0.15, 0.2) is 5.60 Å². The third-order valence-corrected chi connectivity index (χ3v) is 15.6. The molecular formula is C45H48O14. The maximum Gasteiger partial charge on any atom is 0.366 e. The molecule has 10 rings (SSSR count). The fourth-order valence-corrected chi connectivity index (χ4v) is 13.3. The highest BCUT2D eigenvalue weighted by Crippen LogP contribution is 2.83. The molecule has 2 bridgehead atoms. The molecule has 312 valence electrons. The van der Waals surface area contributed by atoms with Gasteiger partial charge in [0.05, 0.1) is 44.9 Å². The standard InChI is InChI=1S/C45H48O14/c1-39-23-54-33-34(39)42(29(57-32(47)18-16-26-13-9-6-10-14-26)22-28(39)56-31(46)17-15-25-11-7-5-8-12-25)24-55-44(51,37(49)52-4)36(42)40(2,35(33)48)45-30-21-27(41(45,3)59-45)43(50)19-20-53-38(43)58-30/h5-20,27-30,33-36,38,48,50-51H,21-24H2,1-4H3. The summed E-state index contributed by atoms with van der Waals surface area (Å²) in [4.78, 5) is 41.8. The molecule has 16 unspecified atom stereocenters. The van der Waals surface area contributed by atoms with Crippen LogP contribution in [0.3, 0.4) is 0 Å². The fraction of sp³-hybridized carbons (Fsp3) is 0.533. The number of benzene rings is 2. The van der Waals surface area contributed by atoms with Crippen LogP contribution in [0.2, 0.25) is 0 Å². The highest BCUT2D eigenvalue weighted by Gasteiger charge is 2.96. The van der Waals surface area contributed by atoms with Crippen LogP contribution in [0.5, 0.6) is 0 Å². The lowest BCUT2D eigenvalue weighted by molar-refractivity contribution is -0.314. The first-order valence-corrected chi connectivity index (χ1v) is 20.2. The molecule has 14 nitrogen and oxygen atoms in total. The van der Waals surface area contributed by atoms with Crippen molar-refractivity contribution in [1.82, 2.24) is 0 Å². The van der Waals surface area contributed by atoms with Crippen molar-refractivity contribution in [2.24, 2.45) is 34.0 Å². The Kier molecular flexibility index (Phi) is 8.41. The van der Waals surface area contributed by atoms with Gasteiger partial charge in [0.1, 0.15) is 23.4 Å². The molecule has 3 N–H and O–H groups in total. The van der Waals surface area contributed by atoms with Gasteiger partial charge in [-0.3, -0.25) is 0 Å². The number of aliphatic hydroxyl groups excluding tert-OH is 1. The van der Waals surface area contributed by atoms with Gasteiger partial charge in [0.25, 0.3) is 5.79 Å². The van der Waals surface area contributed by atoms with E-state index < -0.39 is 111 Å². The quantitative estimate of drug-likeness (QED) is 0.153. The van der Waals surface area contributed by atoms with E-state index in [1.807, 2.05) is 74.5 Å². The van der Waals surface area contributed by atoms with Crippen molar-refractivity contribution >= 4 is 30.1 Å². The number of hydrogen-bond acceptors (Lipinski definition) is 14. The maximum absolute atomic E-state index is 14.1. The van der Waals surface area contributed by atoms with E-state index >= 15 is 0 Å². The number of ether oxygens (including phenoxy) is 8. The average molecular weight is 813 g/mol. The van der Waals surface area contributed by atoms with Gasteiger partial charge in [-0.15, -0.1) is 0 Å². The molecule has 59 heavy (non-hydrogen) atoms. The second-order valence-corrected chi connectivity index (χ2v) is 18.1. The van der Waals surface area contributed by atoms with Crippen molar-refractivity contribution < 1.29 is 67.6 Å². The second kappa shape index (κ2) is 12.8. The van der Waals surface area contributed by atoms with Gasteiger partial charge in [-0.2, -0.15) is 0 Å². The first kappa shape index (κ1) is 38.8. The smallest absolute Gasteiger partial charge is 0.366 e. The van der Waals surface area contributed by atoms with Crippen LogP contribution in [-0.2, 0) is 52.3 Å². The SMILES string of the molecule is COC(=O)C1(O)OCC23C(OC(=O)C=Cc4ccccc4)CC(OC(=O)C=Cc4ccccc4)C4(C)COC(C42)C(O)C(C)(C24OC2(C)C2CC4OC4OC=CC42O)C13. The lowest BCUT2D eigenvalue weighted by Gasteiger charge is -2.66. The molecule has 3 aliphatic carbocycles. The van der Waals surface area contributed by atoms with Gasteiger partial charge in [0, 0.05) is 52.6 Å². The van der Waals surface area contributed by atoms with E-state index in [0.29, 0.717) is 6.42 Å². The zero-order valence-electron chi connectivity index (χ0n) is 33.1. The topological polar surface area (TPSA) is 189 Å². The van der Waals surface area contributed by atoms with Gasteiger partial charge in [-0.1, -0.05) is 74.5 Å². The first-order valence-electron chi connectivity index (χ1n) is 20.2. The van der Waals surface area contributed by atoms with Crippen LogP contribution in [0.25, 0.3) is 12.2 Å². The summed E-state index contributed by atoms with van der Waals surface area (Å²) in [6.45, 7) is 5.12. The van der Waals surface area contributed by atoms with Crippen molar-refractivity contribution in [3.63, 3.8) is 0 Å². The zero-order chi connectivity index (χ0) is 41.4. The summed E-state index contributed by atoms with van der Waals surface area (Å²) in [5.41, 5.74) is -6.90. The van der Waals surface area contributed by atoms with E-state index in [2.05, 4.69) is 0 Å². The molecule has 0 amide bonds. The average Bonchev–Trinajstić information content (AvgIpc) is 3.55. The van der Waals surface area contributed by atoms with Crippen LogP contribution < -0.4 is 0 Å². The summed E-state index contributed by atoms with van der Waals surface area (Å²) < 4.78 is 50.0. The van der Waals surface area contributed by atoms with Crippen LogP contribution in [0.1, 0.15) is 44.7 Å². The Hall–Kier alpha value is -4.41. The number of rotatable bonds is 8. The molecule has 8 aliphatic rings. The summed E-state index contributed by atoms with van der Waals surface area (Å²) in [5, 5.41) is 37.9. The third kappa shape index (κ3) is 4.84. The minimum Gasteiger partial charge on any atom is -0.469 e. The molecule has 3 saturated carbocycles. The highest BCUT2D eigenvalue weighted by molar-refractivity contribution is 5.88. The summed E-state index contributed by atoms with van der Waals surface area (Å²) in [6.07, 6.45) is 2.56. The minimum atomic E-state index is -2.72. The molecule has 14 heteroatoms. The number of hydrogen-bond donors (Lipinski definition) is 3. The van der Waals surface area contributed by atoms with Crippen molar-refractivity contribution in [2.45, 2.75) is 93.0 Å². The molecule has 16 atom stereocenters. The summed E-state index contributed by atoms with van der Waals surface area (Å²) >= 11 is 0. The number of aliphatic hydroxyl groups is 3. The lowest BCUT2D eigenvalue weighted by Crippen LogP contribution is -2.78. The zero-order valence-corrected chi connectivity index (χ0v) is 33.1. The Morgan fingerprint density at radius 3 is 2.10 bits per heavy atom. The van der Waals surface area contributed by atoms with E-state index in [4.69, 9.17) is 37.9 Å². The third-order valence-electron chi connectivity index (χ3n) is 15.6. The Labute approximate surface area is 340 Å². The Morgan fingerprint density at radius 2 is 1.47 bits per heavy atom. The number of esters is 3. The second-order valence-electron chi connectivity index (χ2n) is 18.1. The molecule has 7 fully saturated rings. The van der Waals surface area contributed by atoms with E-state index in [-0.39, 0.29) is 19.6 Å². The molecule has 1 spiro atoms. The number of carbonyl (C=O) groups is 3. The Morgan fingerprint density at radius 1 is 0.847 bits per heavy atom. The van der Waals surface area contributed by atoms with Crippen molar-refractivity contribution in [3.05, 3.63) is 96.3 Å². The van der Waals surface area contributed by atoms with Crippen LogP contribution in [0.4, 0.5) is 0 Å². The summed E-state index contributed by atoms with van der Waals surface area (Å²) in [6, 6.07) is 18.5. The fourth-order valence-electron chi connectivity index (χ4n) is 13.3.